The standard InChI is InChI=1S/C19H24O3/c1-4-5-6-7-8-9-16-17(13-20)19(22)15(12-18(16)21)11-10-14(2)3/h6-10,12-13,21-22H,4-5,11H2,1-3H3. The molecule has 0 heterocycles. The Morgan fingerprint density at radius 1 is 1.18 bits per heavy atom. The number of aldehydes is 1. The Bertz CT molecular complexity index is 604. The van der Waals surface area contributed by atoms with Crippen molar-refractivity contribution in [3.63, 3.8) is 0 Å². The average molecular weight is 300 g/mol. The summed E-state index contributed by atoms with van der Waals surface area (Å²) in [6, 6.07) is 1.51. The summed E-state index contributed by atoms with van der Waals surface area (Å²) in [6.45, 7) is 6.00. The van der Waals surface area contributed by atoms with Crippen molar-refractivity contribution in [2.75, 3.05) is 0 Å². The van der Waals surface area contributed by atoms with Crippen molar-refractivity contribution in [3.8, 4) is 11.5 Å². The van der Waals surface area contributed by atoms with Gasteiger partial charge in [0, 0.05) is 11.1 Å². The van der Waals surface area contributed by atoms with Crippen LogP contribution in [0.3, 0.4) is 0 Å². The fourth-order valence-corrected chi connectivity index (χ4v) is 2.01. The fraction of sp³-hybridized carbons (Fsp3) is 0.316. The molecule has 0 fully saturated rings. The molecule has 0 aromatic heterocycles. The van der Waals surface area contributed by atoms with Gasteiger partial charge in [0.15, 0.2) is 6.29 Å². The van der Waals surface area contributed by atoms with Gasteiger partial charge in [-0.3, -0.25) is 4.79 Å². The summed E-state index contributed by atoms with van der Waals surface area (Å²) < 4.78 is 0. The van der Waals surface area contributed by atoms with Crippen molar-refractivity contribution in [2.24, 2.45) is 0 Å². The van der Waals surface area contributed by atoms with E-state index in [4.69, 9.17) is 0 Å². The van der Waals surface area contributed by atoms with Gasteiger partial charge in [-0.05, 0) is 32.8 Å². The second-order valence-corrected chi connectivity index (χ2v) is 5.41. The van der Waals surface area contributed by atoms with E-state index in [1.54, 1.807) is 12.2 Å². The van der Waals surface area contributed by atoms with E-state index >= 15 is 0 Å². The SMILES string of the molecule is CCCC=CC=Cc1c(O)cc(CC=C(C)C)c(O)c1C=O. The van der Waals surface area contributed by atoms with Crippen LogP contribution in [0.15, 0.2) is 35.9 Å². The zero-order valence-corrected chi connectivity index (χ0v) is 13.5. The number of benzene rings is 1. The smallest absolute Gasteiger partial charge is 0.154 e. The summed E-state index contributed by atoms with van der Waals surface area (Å²) in [7, 11) is 0. The van der Waals surface area contributed by atoms with Crippen LogP contribution in [0.5, 0.6) is 11.5 Å². The van der Waals surface area contributed by atoms with Gasteiger partial charge in [0.2, 0.25) is 0 Å². The van der Waals surface area contributed by atoms with Gasteiger partial charge in [-0.25, -0.2) is 0 Å². The van der Waals surface area contributed by atoms with Crippen LogP contribution < -0.4 is 0 Å². The molecule has 2 N–H and O–H groups in total. The van der Waals surface area contributed by atoms with E-state index in [1.165, 1.54) is 6.07 Å². The third-order valence-electron chi connectivity index (χ3n) is 3.25. The molecular formula is C19H24O3. The molecule has 0 aliphatic heterocycles. The number of rotatable bonds is 7. The quantitative estimate of drug-likeness (QED) is 0.329. The van der Waals surface area contributed by atoms with Gasteiger partial charge in [-0.1, -0.05) is 49.3 Å². The number of aromatic hydroxyl groups is 2. The van der Waals surface area contributed by atoms with E-state index in [0.717, 1.165) is 18.4 Å². The first kappa shape index (κ1) is 17.8. The highest BCUT2D eigenvalue weighted by molar-refractivity contribution is 5.88. The first-order valence-electron chi connectivity index (χ1n) is 7.50. The van der Waals surface area contributed by atoms with Gasteiger partial charge in [0.1, 0.15) is 11.5 Å². The molecule has 118 valence electrons. The van der Waals surface area contributed by atoms with Gasteiger partial charge in [-0.2, -0.15) is 0 Å². The predicted molar refractivity (Wildman–Crippen MR) is 91.4 cm³/mol. The molecule has 3 nitrogen and oxygen atoms in total. The van der Waals surface area contributed by atoms with Gasteiger partial charge >= 0.3 is 0 Å². The van der Waals surface area contributed by atoms with E-state index in [2.05, 4.69) is 6.92 Å². The van der Waals surface area contributed by atoms with Crippen LogP contribution in [-0.4, -0.2) is 16.5 Å². The molecule has 1 aromatic carbocycles. The maximum atomic E-state index is 11.3. The van der Waals surface area contributed by atoms with E-state index in [-0.39, 0.29) is 17.1 Å². The lowest BCUT2D eigenvalue weighted by Gasteiger charge is -2.10. The number of hydrogen-bond donors (Lipinski definition) is 2. The zero-order valence-electron chi connectivity index (χ0n) is 13.5. The largest absolute Gasteiger partial charge is 0.507 e. The molecule has 22 heavy (non-hydrogen) atoms. The Hall–Kier alpha value is -2.29. The number of phenols is 2. The molecule has 0 amide bonds. The van der Waals surface area contributed by atoms with Crippen LogP contribution in [-0.2, 0) is 6.42 Å². The number of phenolic OH excluding ortho intramolecular Hbond substituents is 2. The van der Waals surface area contributed by atoms with Crippen LogP contribution in [0.2, 0.25) is 0 Å². The summed E-state index contributed by atoms with van der Waals surface area (Å²) in [5.74, 6) is -0.0697. The Balaban J connectivity index is 3.16. The highest BCUT2D eigenvalue weighted by Gasteiger charge is 2.14. The minimum atomic E-state index is -0.0671. The zero-order chi connectivity index (χ0) is 16.5. The van der Waals surface area contributed by atoms with Crippen molar-refractivity contribution < 1.29 is 15.0 Å². The topological polar surface area (TPSA) is 57.5 Å². The van der Waals surface area contributed by atoms with E-state index < -0.39 is 0 Å². The van der Waals surface area contributed by atoms with Crippen molar-refractivity contribution >= 4 is 12.4 Å². The predicted octanol–water partition coefficient (Wildman–Crippen LogP) is 4.79. The normalized spacial score (nSPS) is 11.2. The van der Waals surface area contributed by atoms with Crippen LogP contribution in [0.4, 0.5) is 0 Å². The summed E-state index contributed by atoms with van der Waals surface area (Å²) in [5, 5.41) is 20.4. The Morgan fingerprint density at radius 2 is 1.91 bits per heavy atom. The van der Waals surface area contributed by atoms with E-state index in [0.29, 0.717) is 23.8 Å². The molecule has 1 aromatic rings. The first-order chi connectivity index (χ1) is 10.5. The lowest BCUT2D eigenvalue weighted by Crippen LogP contribution is -1.94. The second-order valence-electron chi connectivity index (χ2n) is 5.41. The number of allylic oxidation sites excluding steroid dienone is 5. The maximum absolute atomic E-state index is 11.3. The molecule has 0 unspecified atom stereocenters. The van der Waals surface area contributed by atoms with Crippen LogP contribution in [0.25, 0.3) is 6.08 Å². The minimum Gasteiger partial charge on any atom is -0.507 e. The molecule has 0 bridgehead atoms. The molecule has 0 spiro atoms. The minimum absolute atomic E-state index is 0.00259. The van der Waals surface area contributed by atoms with Crippen LogP contribution in [0.1, 0.15) is 55.1 Å². The molecule has 3 heteroatoms. The Kier molecular flexibility index (Phi) is 7.17. The van der Waals surface area contributed by atoms with Gasteiger partial charge < -0.3 is 10.2 Å². The molecule has 0 saturated carbocycles. The molecule has 1 rings (SSSR count). The van der Waals surface area contributed by atoms with Gasteiger partial charge in [0.05, 0.1) is 5.56 Å². The van der Waals surface area contributed by atoms with Gasteiger partial charge in [-0.15, -0.1) is 0 Å². The monoisotopic (exact) mass is 300 g/mol. The lowest BCUT2D eigenvalue weighted by molar-refractivity contribution is 0.112. The number of carbonyl (C=O) groups is 1. The number of carbonyl (C=O) groups excluding carboxylic acids is 1. The Morgan fingerprint density at radius 3 is 2.50 bits per heavy atom. The van der Waals surface area contributed by atoms with Crippen molar-refractivity contribution in [2.45, 2.75) is 40.0 Å². The third kappa shape index (κ3) is 4.92. The molecule has 0 radical (unpaired) electrons. The summed E-state index contributed by atoms with van der Waals surface area (Å²) >= 11 is 0. The average Bonchev–Trinajstić information content (AvgIpc) is 2.48. The van der Waals surface area contributed by atoms with Crippen LogP contribution >= 0.6 is 0 Å². The highest BCUT2D eigenvalue weighted by atomic mass is 16.3. The summed E-state index contributed by atoms with van der Waals surface area (Å²) in [6.07, 6.45) is 12.3. The fourth-order valence-electron chi connectivity index (χ4n) is 2.01. The number of hydrogen-bond acceptors (Lipinski definition) is 3. The number of unbranched alkanes of at least 4 members (excludes halogenated alkanes) is 1. The molecule has 0 aliphatic rings. The van der Waals surface area contributed by atoms with Crippen molar-refractivity contribution in [3.05, 3.63) is 52.6 Å². The highest BCUT2D eigenvalue weighted by Crippen LogP contribution is 2.33. The second kappa shape index (κ2) is 8.88. The van der Waals surface area contributed by atoms with Crippen molar-refractivity contribution in [1.82, 2.24) is 0 Å². The lowest BCUT2D eigenvalue weighted by atomic mass is 9.98. The molecular weight excluding hydrogens is 276 g/mol. The summed E-state index contributed by atoms with van der Waals surface area (Å²) in [4.78, 5) is 11.3. The van der Waals surface area contributed by atoms with Gasteiger partial charge in [0.25, 0.3) is 0 Å². The third-order valence-corrected chi connectivity index (χ3v) is 3.25. The first-order valence-corrected chi connectivity index (χ1v) is 7.50. The van der Waals surface area contributed by atoms with Crippen LogP contribution in [0, 0.1) is 0 Å². The van der Waals surface area contributed by atoms with E-state index in [9.17, 15) is 15.0 Å². The maximum Gasteiger partial charge on any atom is 0.154 e. The van der Waals surface area contributed by atoms with E-state index in [1.807, 2.05) is 32.1 Å². The van der Waals surface area contributed by atoms with Crippen molar-refractivity contribution in [1.29, 1.82) is 0 Å². The molecule has 0 atom stereocenters. The molecule has 0 aliphatic carbocycles. The molecule has 0 saturated heterocycles. The summed E-state index contributed by atoms with van der Waals surface area (Å²) in [5.41, 5.74) is 2.11. The Labute approximate surface area is 132 Å².